The minimum atomic E-state index is 0.185. The van der Waals surface area contributed by atoms with E-state index in [1.807, 2.05) is 4.90 Å². The molecule has 1 saturated heterocycles. The summed E-state index contributed by atoms with van der Waals surface area (Å²) in [5.41, 5.74) is 6.02. The molecule has 2 rings (SSSR count). The Balaban J connectivity index is 1.76. The topological polar surface area (TPSA) is 46.3 Å². The van der Waals surface area contributed by atoms with E-state index in [1.165, 1.54) is 32.1 Å². The average molecular weight is 266 g/mol. The van der Waals surface area contributed by atoms with Crippen LogP contribution in [0.3, 0.4) is 0 Å². The summed E-state index contributed by atoms with van der Waals surface area (Å²) in [6, 6.07) is 0.185. The van der Waals surface area contributed by atoms with Gasteiger partial charge in [0.15, 0.2) is 0 Å². The molecule has 1 aliphatic carbocycles. The number of amides is 1. The van der Waals surface area contributed by atoms with Gasteiger partial charge in [0, 0.05) is 25.0 Å². The van der Waals surface area contributed by atoms with Gasteiger partial charge in [-0.05, 0) is 37.5 Å². The second-order valence-corrected chi connectivity index (χ2v) is 6.74. The van der Waals surface area contributed by atoms with Gasteiger partial charge in [-0.15, -0.1) is 0 Å². The highest BCUT2D eigenvalue weighted by molar-refractivity contribution is 5.79. The molecule has 2 aliphatic rings. The number of nitrogens with two attached hydrogens (primary N) is 1. The minimum absolute atomic E-state index is 0.185. The highest BCUT2D eigenvalue weighted by Crippen LogP contribution is 2.33. The zero-order valence-corrected chi connectivity index (χ0v) is 12.6. The van der Waals surface area contributed by atoms with Crippen molar-refractivity contribution in [1.82, 2.24) is 4.90 Å². The van der Waals surface area contributed by atoms with Crippen LogP contribution in [0.15, 0.2) is 0 Å². The number of nitrogens with zero attached hydrogens (tertiary/aromatic N) is 1. The Hall–Kier alpha value is -0.570. The van der Waals surface area contributed by atoms with E-state index in [9.17, 15) is 4.79 Å². The molecule has 3 nitrogen and oxygen atoms in total. The lowest BCUT2D eigenvalue weighted by atomic mass is 9.79. The van der Waals surface area contributed by atoms with Crippen LogP contribution < -0.4 is 5.73 Å². The number of carbonyl (C=O) groups excluding carboxylic acids is 1. The second-order valence-electron chi connectivity index (χ2n) is 6.74. The number of carbonyl (C=O) groups is 1. The van der Waals surface area contributed by atoms with Crippen molar-refractivity contribution in [3.05, 3.63) is 0 Å². The summed E-state index contributed by atoms with van der Waals surface area (Å²) in [6.45, 7) is 6.05. The first kappa shape index (κ1) is 14.8. The highest BCUT2D eigenvalue weighted by atomic mass is 16.2. The Morgan fingerprint density at radius 1 is 1.21 bits per heavy atom. The molecule has 0 bridgehead atoms. The maximum absolute atomic E-state index is 12.5. The highest BCUT2D eigenvalue weighted by Gasteiger charge is 2.34. The Morgan fingerprint density at radius 3 is 2.42 bits per heavy atom. The van der Waals surface area contributed by atoms with Crippen LogP contribution in [0.2, 0.25) is 0 Å². The Kier molecular flexibility index (Phi) is 5.26. The van der Waals surface area contributed by atoms with Gasteiger partial charge in [-0.2, -0.15) is 0 Å². The van der Waals surface area contributed by atoms with Gasteiger partial charge in [0.25, 0.3) is 0 Å². The van der Waals surface area contributed by atoms with Gasteiger partial charge in [0.05, 0.1) is 0 Å². The third-order valence-electron chi connectivity index (χ3n) is 5.14. The number of hydrogen-bond donors (Lipinski definition) is 1. The number of likely N-dealkylation sites (tertiary alicyclic amines) is 1. The van der Waals surface area contributed by atoms with Crippen LogP contribution in [0, 0.1) is 17.8 Å². The van der Waals surface area contributed by atoms with Crippen molar-refractivity contribution in [1.29, 1.82) is 0 Å². The first-order valence-electron chi connectivity index (χ1n) is 8.16. The molecule has 1 heterocycles. The Morgan fingerprint density at radius 2 is 1.89 bits per heavy atom. The predicted molar refractivity (Wildman–Crippen MR) is 78.7 cm³/mol. The molecule has 2 N–H and O–H groups in total. The molecule has 0 aromatic carbocycles. The molecule has 1 amide bonds. The van der Waals surface area contributed by atoms with Gasteiger partial charge in [0.2, 0.25) is 5.91 Å². The summed E-state index contributed by atoms with van der Waals surface area (Å²) in [5, 5.41) is 0. The molecule has 0 radical (unpaired) electrons. The third-order valence-corrected chi connectivity index (χ3v) is 5.14. The van der Waals surface area contributed by atoms with Crippen molar-refractivity contribution in [3.63, 3.8) is 0 Å². The molecular weight excluding hydrogens is 236 g/mol. The normalized spacial score (nSPS) is 35.6. The molecular formula is C16H30N2O. The maximum atomic E-state index is 12.5. The van der Waals surface area contributed by atoms with Crippen molar-refractivity contribution in [2.75, 3.05) is 13.1 Å². The number of rotatable bonds is 4. The van der Waals surface area contributed by atoms with E-state index in [1.54, 1.807) is 0 Å². The fourth-order valence-electron chi connectivity index (χ4n) is 3.62. The minimum Gasteiger partial charge on any atom is -0.341 e. The van der Waals surface area contributed by atoms with Crippen LogP contribution in [0.5, 0.6) is 0 Å². The predicted octanol–water partition coefficient (Wildman–Crippen LogP) is 2.79. The van der Waals surface area contributed by atoms with Gasteiger partial charge >= 0.3 is 0 Å². The molecule has 2 unspecified atom stereocenters. The fraction of sp³-hybridized carbons (Fsp3) is 0.938. The second kappa shape index (κ2) is 6.74. The van der Waals surface area contributed by atoms with Crippen LogP contribution in [0.1, 0.15) is 58.8 Å². The molecule has 1 saturated carbocycles. The summed E-state index contributed by atoms with van der Waals surface area (Å²) >= 11 is 0. The molecule has 0 aromatic rings. The fourth-order valence-corrected chi connectivity index (χ4v) is 3.62. The number of hydrogen-bond acceptors (Lipinski definition) is 2. The quantitative estimate of drug-likeness (QED) is 0.850. The van der Waals surface area contributed by atoms with Crippen LogP contribution in [-0.4, -0.2) is 29.9 Å². The van der Waals surface area contributed by atoms with Gasteiger partial charge in [0.1, 0.15) is 0 Å². The zero-order valence-electron chi connectivity index (χ0n) is 12.6. The summed E-state index contributed by atoms with van der Waals surface area (Å²) < 4.78 is 0. The average Bonchev–Trinajstić information content (AvgIpc) is 2.76. The lowest BCUT2D eigenvalue weighted by Crippen LogP contribution is -2.37. The SMILES string of the molecule is CCCCC1CCC(C(=O)N2CC(C)C(N)C2)CC1. The number of unbranched alkanes of at least 4 members (excludes halogenated alkanes) is 1. The first-order chi connectivity index (χ1) is 9.11. The maximum Gasteiger partial charge on any atom is 0.225 e. The smallest absolute Gasteiger partial charge is 0.225 e. The van der Waals surface area contributed by atoms with E-state index >= 15 is 0 Å². The van der Waals surface area contributed by atoms with Crippen molar-refractivity contribution < 1.29 is 4.79 Å². The van der Waals surface area contributed by atoms with Gasteiger partial charge < -0.3 is 10.6 Å². The van der Waals surface area contributed by atoms with E-state index in [4.69, 9.17) is 5.73 Å². The van der Waals surface area contributed by atoms with E-state index in [2.05, 4.69) is 13.8 Å². The van der Waals surface area contributed by atoms with Crippen molar-refractivity contribution in [3.8, 4) is 0 Å². The first-order valence-corrected chi connectivity index (χ1v) is 8.16. The molecule has 2 atom stereocenters. The molecule has 0 aromatic heterocycles. The van der Waals surface area contributed by atoms with Crippen LogP contribution >= 0.6 is 0 Å². The van der Waals surface area contributed by atoms with E-state index < -0.39 is 0 Å². The largest absolute Gasteiger partial charge is 0.341 e. The van der Waals surface area contributed by atoms with Gasteiger partial charge in [-0.3, -0.25) is 4.79 Å². The summed E-state index contributed by atoms with van der Waals surface area (Å²) in [7, 11) is 0. The van der Waals surface area contributed by atoms with Crippen LogP contribution in [0.4, 0.5) is 0 Å². The van der Waals surface area contributed by atoms with Crippen molar-refractivity contribution in [2.24, 2.45) is 23.5 Å². The molecule has 1 aliphatic heterocycles. The van der Waals surface area contributed by atoms with Gasteiger partial charge in [-0.1, -0.05) is 33.1 Å². The van der Waals surface area contributed by atoms with Crippen LogP contribution in [-0.2, 0) is 4.79 Å². The summed E-state index contributed by atoms with van der Waals surface area (Å²) in [6.07, 6.45) is 8.73. The lowest BCUT2D eigenvalue weighted by molar-refractivity contribution is -0.135. The van der Waals surface area contributed by atoms with E-state index in [-0.39, 0.29) is 12.0 Å². The molecule has 3 heteroatoms. The van der Waals surface area contributed by atoms with E-state index in [0.717, 1.165) is 31.8 Å². The monoisotopic (exact) mass is 266 g/mol. The standard InChI is InChI=1S/C16H30N2O/c1-3-4-5-13-6-8-14(9-7-13)16(19)18-10-12(2)15(17)11-18/h12-15H,3-11,17H2,1-2H3. The Labute approximate surface area is 117 Å². The zero-order chi connectivity index (χ0) is 13.8. The Bertz CT molecular complexity index is 287. The molecule has 110 valence electrons. The molecule has 2 fully saturated rings. The van der Waals surface area contributed by atoms with Crippen molar-refractivity contribution in [2.45, 2.75) is 64.8 Å². The van der Waals surface area contributed by atoms with Gasteiger partial charge in [-0.25, -0.2) is 0 Å². The van der Waals surface area contributed by atoms with E-state index in [0.29, 0.717) is 11.8 Å². The van der Waals surface area contributed by atoms with Crippen molar-refractivity contribution >= 4 is 5.91 Å². The lowest BCUT2D eigenvalue weighted by Gasteiger charge is -2.30. The third kappa shape index (κ3) is 3.71. The summed E-state index contributed by atoms with van der Waals surface area (Å²) in [5.74, 6) is 2.01. The molecule has 19 heavy (non-hydrogen) atoms. The summed E-state index contributed by atoms with van der Waals surface area (Å²) in [4.78, 5) is 14.5. The molecule has 0 spiro atoms. The van der Waals surface area contributed by atoms with Crippen LogP contribution in [0.25, 0.3) is 0 Å².